The summed E-state index contributed by atoms with van der Waals surface area (Å²) in [6.07, 6.45) is 0. The van der Waals surface area contributed by atoms with Crippen LogP contribution < -0.4 is 11.0 Å². The van der Waals surface area contributed by atoms with Crippen molar-refractivity contribution in [3.63, 3.8) is 0 Å². The number of rotatable bonds is 4. The Hall–Kier alpha value is -2.86. The van der Waals surface area contributed by atoms with Gasteiger partial charge in [-0.2, -0.15) is 4.68 Å². The molecular weight excluding hydrogens is 328 g/mol. The van der Waals surface area contributed by atoms with Crippen LogP contribution in [0.4, 0.5) is 0 Å². The first-order chi connectivity index (χ1) is 11.6. The van der Waals surface area contributed by atoms with Crippen molar-refractivity contribution >= 4 is 17.5 Å². The molecule has 3 rings (SSSR count). The van der Waals surface area contributed by atoms with Gasteiger partial charge in [-0.05, 0) is 12.1 Å². The van der Waals surface area contributed by atoms with Crippen molar-refractivity contribution in [2.24, 2.45) is 0 Å². The van der Waals surface area contributed by atoms with Crippen molar-refractivity contribution in [1.82, 2.24) is 19.7 Å². The molecular formula is C17H15ClN4O2. The van der Waals surface area contributed by atoms with Crippen LogP contribution in [0, 0.1) is 0 Å². The van der Waals surface area contributed by atoms with Gasteiger partial charge in [-0.3, -0.25) is 9.36 Å². The number of nitrogens with one attached hydrogen (secondary N) is 1. The highest BCUT2D eigenvalue weighted by Crippen LogP contribution is 2.20. The molecule has 1 aromatic heterocycles. The van der Waals surface area contributed by atoms with Gasteiger partial charge in [-0.25, -0.2) is 4.79 Å². The third-order valence-corrected chi connectivity index (χ3v) is 3.88. The van der Waals surface area contributed by atoms with Gasteiger partial charge in [0, 0.05) is 12.6 Å². The Bertz CT molecular complexity index is 931. The zero-order valence-corrected chi connectivity index (χ0v) is 13.7. The van der Waals surface area contributed by atoms with Crippen LogP contribution in [0.15, 0.2) is 59.4 Å². The van der Waals surface area contributed by atoms with Crippen LogP contribution in [0.5, 0.6) is 0 Å². The predicted molar refractivity (Wildman–Crippen MR) is 92.3 cm³/mol. The van der Waals surface area contributed by atoms with Crippen LogP contribution in [0.2, 0.25) is 5.02 Å². The van der Waals surface area contributed by atoms with Crippen molar-refractivity contribution in [2.45, 2.75) is 6.54 Å². The molecule has 0 unspecified atom stereocenters. The van der Waals surface area contributed by atoms with E-state index in [9.17, 15) is 9.59 Å². The van der Waals surface area contributed by atoms with Crippen molar-refractivity contribution in [2.75, 3.05) is 7.05 Å². The van der Waals surface area contributed by atoms with Crippen LogP contribution in [0.1, 0.15) is 0 Å². The van der Waals surface area contributed by atoms with Gasteiger partial charge in [0.2, 0.25) is 5.91 Å². The standard InChI is InChI=1S/C17H15ClN4O2/c1-19-15(23)11-21-16(12-7-3-2-4-8-12)20-22(17(21)24)14-10-6-5-9-13(14)18/h2-10H,11H2,1H3,(H,19,23). The second-order valence-electron chi connectivity index (χ2n) is 5.09. The molecule has 1 heterocycles. The first kappa shape index (κ1) is 16.0. The van der Waals surface area contributed by atoms with Crippen LogP contribution in [-0.2, 0) is 11.3 Å². The summed E-state index contributed by atoms with van der Waals surface area (Å²) in [5.41, 5.74) is 0.784. The molecule has 7 heteroatoms. The number of likely N-dealkylation sites (N-methyl/N-ethyl adjacent to an activating group) is 1. The van der Waals surface area contributed by atoms with E-state index in [0.29, 0.717) is 16.5 Å². The van der Waals surface area contributed by atoms with E-state index in [2.05, 4.69) is 10.4 Å². The fourth-order valence-electron chi connectivity index (χ4n) is 2.34. The molecule has 1 amide bonds. The topological polar surface area (TPSA) is 68.9 Å². The van der Waals surface area contributed by atoms with E-state index in [1.165, 1.54) is 16.3 Å². The van der Waals surface area contributed by atoms with Crippen molar-refractivity contribution in [3.05, 3.63) is 70.1 Å². The second kappa shape index (κ2) is 6.72. The highest BCUT2D eigenvalue weighted by atomic mass is 35.5. The van der Waals surface area contributed by atoms with Gasteiger partial charge in [0.15, 0.2) is 5.82 Å². The Balaban J connectivity index is 2.21. The average Bonchev–Trinajstić information content (AvgIpc) is 2.93. The largest absolute Gasteiger partial charge is 0.358 e. The second-order valence-corrected chi connectivity index (χ2v) is 5.50. The van der Waals surface area contributed by atoms with E-state index >= 15 is 0 Å². The van der Waals surface area contributed by atoms with E-state index < -0.39 is 5.69 Å². The highest BCUT2D eigenvalue weighted by molar-refractivity contribution is 6.32. The Morgan fingerprint density at radius 2 is 1.79 bits per heavy atom. The third-order valence-electron chi connectivity index (χ3n) is 3.56. The molecule has 0 aliphatic heterocycles. The minimum atomic E-state index is -0.425. The molecule has 2 aromatic carbocycles. The fraction of sp³-hybridized carbons (Fsp3) is 0.118. The maximum atomic E-state index is 12.8. The van der Waals surface area contributed by atoms with Gasteiger partial charge in [0.1, 0.15) is 6.54 Å². The molecule has 24 heavy (non-hydrogen) atoms. The molecule has 0 aliphatic rings. The Morgan fingerprint density at radius 1 is 1.12 bits per heavy atom. The summed E-state index contributed by atoms with van der Waals surface area (Å²) in [7, 11) is 1.52. The first-order valence-corrected chi connectivity index (χ1v) is 7.70. The van der Waals surface area contributed by atoms with Crippen molar-refractivity contribution in [3.8, 4) is 17.1 Å². The lowest BCUT2D eigenvalue weighted by Crippen LogP contribution is -2.31. The summed E-state index contributed by atoms with van der Waals surface area (Å²) < 4.78 is 2.55. The summed E-state index contributed by atoms with van der Waals surface area (Å²) in [5.74, 6) is 0.122. The fourth-order valence-corrected chi connectivity index (χ4v) is 2.56. The molecule has 0 saturated heterocycles. The van der Waals surface area contributed by atoms with Gasteiger partial charge >= 0.3 is 5.69 Å². The summed E-state index contributed by atoms with van der Waals surface area (Å²) >= 11 is 6.18. The normalized spacial score (nSPS) is 10.6. The molecule has 0 spiro atoms. The monoisotopic (exact) mass is 342 g/mol. The number of hydrogen-bond donors (Lipinski definition) is 1. The molecule has 0 radical (unpaired) electrons. The number of amides is 1. The Morgan fingerprint density at radius 3 is 2.46 bits per heavy atom. The molecule has 0 bridgehead atoms. The maximum Gasteiger partial charge on any atom is 0.351 e. The molecule has 0 saturated carbocycles. The SMILES string of the molecule is CNC(=O)Cn1c(-c2ccccc2)nn(-c2ccccc2Cl)c1=O. The van der Waals surface area contributed by atoms with E-state index in [-0.39, 0.29) is 12.5 Å². The van der Waals surface area contributed by atoms with E-state index in [1.54, 1.807) is 24.3 Å². The number of hydrogen-bond acceptors (Lipinski definition) is 3. The molecule has 0 atom stereocenters. The Labute approximate surface area is 143 Å². The van der Waals surface area contributed by atoms with Gasteiger partial charge in [-0.15, -0.1) is 5.10 Å². The molecule has 1 N–H and O–H groups in total. The lowest BCUT2D eigenvalue weighted by Gasteiger charge is -2.04. The van der Waals surface area contributed by atoms with Crippen molar-refractivity contribution in [1.29, 1.82) is 0 Å². The molecule has 0 aliphatic carbocycles. The van der Waals surface area contributed by atoms with Gasteiger partial charge in [0.25, 0.3) is 0 Å². The smallest absolute Gasteiger partial charge is 0.351 e. The maximum absolute atomic E-state index is 12.8. The van der Waals surface area contributed by atoms with Gasteiger partial charge in [0.05, 0.1) is 10.7 Å². The lowest BCUT2D eigenvalue weighted by atomic mass is 10.2. The third kappa shape index (κ3) is 2.96. The number of aromatic nitrogens is 3. The van der Waals surface area contributed by atoms with E-state index in [0.717, 1.165) is 5.56 Å². The lowest BCUT2D eigenvalue weighted by molar-refractivity contribution is -0.121. The van der Waals surface area contributed by atoms with Crippen LogP contribution >= 0.6 is 11.6 Å². The summed E-state index contributed by atoms with van der Waals surface area (Å²) in [5, 5.41) is 7.33. The first-order valence-electron chi connectivity index (χ1n) is 7.32. The summed E-state index contributed by atoms with van der Waals surface area (Å²) in [6.45, 7) is -0.121. The molecule has 3 aromatic rings. The molecule has 0 fully saturated rings. The Kier molecular flexibility index (Phi) is 4.48. The van der Waals surface area contributed by atoms with Crippen LogP contribution in [0.3, 0.4) is 0 Å². The van der Waals surface area contributed by atoms with Crippen LogP contribution in [0.25, 0.3) is 17.1 Å². The van der Waals surface area contributed by atoms with Crippen LogP contribution in [-0.4, -0.2) is 27.3 Å². The van der Waals surface area contributed by atoms with Gasteiger partial charge in [-0.1, -0.05) is 54.1 Å². The quantitative estimate of drug-likeness (QED) is 0.789. The summed E-state index contributed by atoms with van der Waals surface area (Å²) in [4.78, 5) is 24.6. The molecule has 6 nitrogen and oxygen atoms in total. The minimum absolute atomic E-state index is 0.121. The number of carbonyl (C=O) groups excluding carboxylic acids is 1. The average molecular weight is 343 g/mol. The van der Waals surface area contributed by atoms with Gasteiger partial charge < -0.3 is 5.32 Å². The minimum Gasteiger partial charge on any atom is -0.358 e. The molecule has 122 valence electrons. The number of benzene rings is 2. The number of carbonyl (C=O) groups is 1. The zero-order valence-electron chi connectivity index (χ0n) is 12.9. The van der Waals surface area contributed by atoms with E-state index in [4.69, 9.17) is 11.6 Å². The highest BCUT2D eigenvalue weighted by Gasteiger charge is 2.19. The predicted octanol–water partition coefficient (Wildman–Crippen LogP) is 2.10. The number of halogens is 1. The van der Waals surface area contributed by atoms with E-state index in [1.807, 2.05) is 30.3 Å². The number of nitrogens with zero attached hydrogens (tertiary/aromatic N) is 3. The summed E-state index contributed by atoms with van der Waals surface area (Å²) in [6, 6.07) is 16.2. The number of para-hydroxylation sites is 1. The van der Waals surface area contributed by atoms with Crippen molar-refractivity contribution < 1.29 is 4.79 Å². The zero-order chi connectivity index (χ0) is 17.1.